The molecule has 7 heteroatoms. The SMILES string of the molecule is CC(C)C[C@@H](NC(=O)OC(C)(C)C)C(=O)N[C@@H]1CCCOC[C@H]1O. The van der Waals surface area contributed by atoms with Crippen LogP contribution in [-0.2, 0) is 14.3 Å². The summed E-state index contributed by atoms with van der Waals surface area (Å²) in [5, 5.41) is 15.5. The van der Waals surface area contributed by atoms with Crippen LogP contribution < -0.4 is 10.6 Å². The fraction of sp³-hybridized carbons (Fsp3) is 0.882. The maximum Gasteiger partial charge on any atom is 0.408 e. The molecular weight excluding hydrogens is 312 g/mol. The summed E-state index contributed by atoms with van der Waals surface area (Å²) < 4.78 is 10.5. The first-order valence-electron chi connectivity index (χ1n) is 8.64. The Morgan fingerprint density at radius 3 is 2.58 bits per heavy atom. The van der Waals surface area contributed by atoms with E-state index in [0.29, 0.717) is 19.4 Å². The molecule has 1 fully saturated rings. The van der Waals surface area contributed by atoms with Crippen LogP contribution >= 0.6 is 0 Å². The minimum atomic E-state index is -0.738. The second kappa shape index (κ2) is 9.22. The zero-order valence-corrected chi connectivity index (χ0v) is 15.4. The summed E-state index contributed by atoms with van der Waals surface area (Å²) >= 11 is 0. The minimum Gasteiger partial charge on any atom is -0.444 e. The van der Waals surface area contributed by atoms with Crippen LogP contribution in [0.15, 0.2) is 0 Å². The summed E-state index contributed by atoms with van der Waals surface area (Å²) in [6.07, 6.45) is 0.555. The fourth-order valence-electron chi connectivity index (χ4n) is 2.52. The van der Waals surface area contributed by atoms with Gasteiger partial charge in [0.1, 0.15) is 11.6 Å². The smallest absolute Gasteiger partial charge is 0.408 e. The molecule has 1 rings (SSSR count). The molecule has 0 radical (unpaired) electrons. The highest BCUT2D eigenvalue weighted by molar-refractivity contribution is 5.85. The molecule has 7 nitrogen and oxygen atoms in total. The molecule has 3 N–H and O–H groups in total. The second-order valence-electron chi connectivity index (χ2n) is 7.73. The van der Waals surface area contributed by atoms with Crippen molar-refractivity contribution in [3.63, 3.8) is 0 Å². The Balaban J connectivity index is 2.68. The number of alkyl carbamates (subject to hydrolysis) is 1. The largest absolute Gasteiger partial charge is 0.444 e. The number of aliphatic hydroxyl groups excluding tert-OH is 1. The lowest BCUT2D eigenvalue weighted by Crippen LogP contribution is -2.53. The molecule has 0 saturated carbocycles. The lowest BCUT2D eigenvalue weighted by molar-refractivity contribution is -0.125. The number of hydrogen-bond donors (Lipinski definition) is 3. The van der Waals surface area contributed by atoms with Crippen molar-refractivity contribution < 1.29 is 24.2 Å². The molecule has 0 bridgehead atoms. The van der Waals surface area contributed by atoms with Crippen molar-refractivity contribution >= 4 is 12.0 Å². The van der Waals surface area contributed by atoms with Crippen molar-refractivity contribution in [2.24, 2.45) is 5.92 Å². The van der Waals surface area contributed by atoms with Crippen LogP contribution in [0.4, 0.5) is 4.79 Å². The van der Waals surface area contributed by atoms with Crippen LogP contribution in [0.3, 0.4) is 0 Å². The predicted octanol–water partition coefficient (Wildman–Crippen LogP) is 1.58. The Labute approximate surface area is 144 Å². The van der Waals surface area contributed by atoms with E-state index in [0.717, 1.165) is 6.42 Å². The van der Waals surface area contributed by atoms with Crippen LogP contribution in [-0.4, -0.2) is 54.1 Å². The van der Waals surface area contributed by atoms with Gasteiger partial charge < -0.3 is 25.2 Å². The first-order chi connectivity index (χ1) is 11.1. The molecule has 0 aromatic carbocycles. The van der Waals surface area contributed by atoms with Gasteiger partial charge >= 0.3 is 6.09 Å². The van der Waals surface area contributed by atoms with E-state index in [1.54, 1.807) is 20.8 Å². The fourth-order valence-corrected chi connectivity index (χ4v) is 2.52. The van der Waals surface area contributed by atoms with E-state index in [1.807, 2.05) is 13.8 Å². The molecule has 1 aliphatic heterocycles. The Hall–Kier alpha value is -1.34. The number of hydrogen-bond acceptors (Lipinski definition) is 5. The van der Waals surface area contributed by atoms with E-state index in [9.17, 15) is 14.7 Å². The van der Waals surface area contributed by atoms with Gasteiger partial charge in [-0.15, -0.1) is 0 Å². The quantitative estimate of drug-likeness (QED) is 0.703. The highest BCUT2D eigenvalue weighted by Gasteiger charge is 2.29. The summed E-state index contributed by atoms with van der Waals surface area (Å²) in [4.78, 5) is 24.6. The standard InChI is InChI=1S/C17H32N2O5/c1-11(2)9-13(19-16(22)24-17(3,4)5)15(21)18-12-7-6-8-23-10-14(12)20/h11-14,20H,6-10H2,1-5H3,(H,18,21)(H,19,22)/t12-,13-,14-/m1/s1. The Kier molecular flexibility index (Phi) is 7.96. The van der Waals surface area contributed by atoms with Crippen LogP contribution in [0.5, 0.6) is 0 Å². The van der Waals surface area contributed by atoms with Gasteiger partial charge in [-0.3, -0.25) is 4.79 Å². The monoisotopic (exact) mass is 344 g/mol. The van der Waals surface area contributed by atoms with E-state index >= 15 is 0 Å². The van der Waals surface area contributed by atoms with Crippen molar-refractivity contribution in [1.29, 1.82) is 0 Å². The van der Waals surface area contributed by atoms with E-state index < -0.39 is 23.8 Å². The van der Waals surface area contributed by atoms with Gasteiger partial charge in [-0.25, -0.2) is 4.79 Å². The van der Waals surface area contributed by atoms with Gasteiger partial charge in [0.25, 0.3) is 0 Å². The van der Waals surface area contributed by atoms with Crippen molar-refractivity contribution in [2.45, 2.75) is 77.7 Å². The van der Waals surface area contributed by atoms with E-state index in [2.05, 4.69) is 10.6 Å². The molecule has 1 aliphatic rings. The zero-order valence-electron chi connectivity index (χ0n) is 15.4. The number of nitrogens with one attached hydrogen (secondary N) is 2. The number of amides is 2. The third-order valence-corrected chi connectivity index (χ3v) is 3.60. The number of carbonyl (C=O) groups is 2. The van der Waals surface area contributed by atoms with Gasteiger partial charge in [0.2, 0.25) is 5.91 Å². The molecule has 1 saturated heterocycles. The molecule has 140 valence electrons. The van der Waals surface area contributed by atoms with Gasteiger partial charge in [-0.2, -0.15) is 0 Å². The summed E-state index contributed by atoms with van der Waals surface area (Å²) in [5.41, 5.74) is -0.627. The normalized spacial score (nSPS) is 23.3. The van der Waals surface area contributed by atoms with Crippen LogP contribution in [0.1, 0.15) is 53.9 Å². The average Bonchev–Trinajstić information content (AvgIpc) is 2.60. The van der Waals surface area contributed by atoms with Gasteiger partial charge in [0.05, 0.1) is 18.8 Å². The van der Waals surface area contributed by atoms with Crippen molar-refractivity contribution in [1.82, 2.24) is 10.6 Å². The Morgan fingerprint density at radius 2 is 2.00 bits per heavy atom. The highest BCUT2D eigenvalue weighted by atomic mass is 16.6. The van der Waals surface area contributed by atoms with Gasteiger partial charge in [0, 0.05) is 6.61 Å². The minimum absolute atomic E-state index is 0.208. The summed E-state index contributed by atoms with van der Waals surface area (Å²) in [7, 11) is 0. The molecule has 0 aromatic rings. The van der Waals surface area contributed by atoms with Crippen molar-refractivity contribution in [3.05, 3.63) is 0 Å². The highest BCUT2D eigenvalue weighted by Crippen LogP contribution is 2.12. The first kappa shape index (κ1) is 20.7. The number of rotatable bonds is 5. The molecular formula is C17H32N2O5. The van der Waals surface area contributed by atoms with Crippen LogP contribution in [0.25, 0.3) is 0 Å². The lowest BCUT2D eigenvalue weighted by atomic mass is 10.0. The zero-order chi connectivity index (χ0) is 18.3. The number of carbonyl (C=O) groups excluding carboxylic acids is 2. The van der Waals surface area contributed by atoms with E-state index in [1.165, 1.54) is 0 Å². The van der Waals surface area contributed by atoms with Crippen LogP contribution in [0, 0.1) is 5.92 Å². The summed E-state index contributed by atoms with van der Waals surface area (Å²) in [5.74, 6) is -0.0846. The summed E-state index contributed by atoms with van der Waals surface area (Å²) in [6.45, 7) is 10.1. The topological polar surface area (TPSA) is 96.9 Å². The first-order valence-corrected chi connectivity index (χ1v) is 8.64. The lowest BCUT2D eigenvalue weighted by Gasteiger charge is -2.27. The van der Waals surface area contributed by atoms with Crippen LogP contribution in [0.2, 0.25) is 0 Å². The average molecular weight is 344 g/mol. The second-order valence-corrected chi connectivity index (χ2v) is 7.73. The van der Waals surface area contributed by atoms with E-state index in [-0.39, 0.29) is 24.5 Å². The van der Waals surface area contributed by atoms with Gasteiger partial charge in [-0.1, -0.05) is 13.8 Å². The van der Waals surface area contributed by atoms with Gasteiger partial charge in [-0.05, 0) is 46.0 Å². The molecule has 3 atom stereocenters. The maximum absolute atomic E-state index is 12.6. The molecule has 24 heavy (non-hydrogen) atoms. The number of ether oxygens (including phenoxy) is 2. The molecule has 2 amide bonds. The molecule has 0 aromatic heterocycles. The third kappa shape index (κ3) is 7.97. The Bertz CT molecular complexity index is 420. The van der Waals surface area contributed by atoms with E-state index in [4.69, 9.17) is 9.47 Å². The van der Waals surface area contributed by atoms with Gasteiger partial charge in [0.15, 0.2) is 0 Å². The number of aliphatic hydroxyl groups is 1. The maximum atomic E-state index is 12.6. The van der Waals surface area contributed by atoms with Crippen molar-refractivity contribution in [3.8, 4) is 0 Å². The predicted molar refractivity (Wildman–Crippen MR) is 90.6 cm³/mol. The Morgan fingerprint density at radius 1 is 1.33 bits per heavy atom. The molecule has 0 aliphatic carbocycles. The molecule has 0 spiro atoms. The third-order valence-electron chi connectivity index (χ3n) is 3.60. The van der Waals surface area contributed by atoms with Crippen molar-refractivity contribution in [2.75, 3.05) is 13.2 Å². The summed E-state index contributed by atoms with van der Waals surface area (Å²) in [6, 6.07) is -1.06. The molecule has 1 heterocycles. The molecule has 0 unspecified atom stereocenters.